The summed E-state index contributed by atoms with van der Waals surface area (Å²) in [7, 11) is 0. The Morgan fingerprint density at radius 2 is 2.00 bits per heavy atom. The highest BCUT2D eigenvalue weighted by Gasteiger charge is 2.30. The fourth-order valence-corrected chi connectivity index (χ4v) is 2.66. The third-order valence-electron chi connectivity index (χ3n) is 4.25. The zero-order chi connectivity index (χ0) is 16.4. The van der Waals surface area contributed by atoms with Gasteiger partial charge in [-0.1, -0.05) is 37.0 Å². The summed E-state index contributed by atoms with van der Waals surface area (Å²) in [5.74, 6) is 1.33. The normalized spacial score (nSPS) is 16.2. The third kappa shape index (κ3) is 3.55. The van der Waals surface area contributed by atoms with E-state index < -0.39 is 0 Å². The number of halogens is 1. The molecule has 1 aromatic heterocycles. The van der Waals surface area contributed by atoms with Gasteiger partial charge in [-0.2, -0.15) is 4.98 Å². The quantitative estimate of drug-likeness (QED) is 0.897. The molecule has 1 aliphatic rings. The number of nitrogens with one attached hydrogen (secondary N) is 1. The monoisotopic (exact) mass is 333 g/mol. The summed E-state index contributed by atoms with van der Waals surface area (Å²) >= 11 is 5.89. The van der Waals surface area contributed by atoms with Crippen molar-refractivity contribution in [2.24, 2.45) is 11.8 Å². The summed E-state index contributed by atoms with van der Waals surface area (Å²) in [4.78, 5) is 16.7. The molecule has 1 aliphatic carbocycles. The number of benzene rings is 1. The molecular weight excluding hydrogens is 314 g/mol. The maximum atomic E-state index is 12.2. The average Bonchev–Trinajstić information content (AvgIpc) is 2.92. The zero-order valence-corrected chi connectivity index (χ0v) is 14.0. The lowest BCUT2D eigenvalue weighted by Crippen LogP contribution is -2.38. The Hall–Kier alpha value is -1.88. The topological polar surface area (TPSA) is 68.0 Å². The van der Waals surface area contributed by atoms with Gasteiger partial charge in [0.2, 0.25) is 17.6 Å². The average molecular weight is 334 g/mol. The Kier molecular flexibility index (Phi) is 4.66. The molecule has 0 unspecified atom stereocenters. The predicted octanol–water partition coefficient (Wildman–Crippen LogP) is 4.00. The summed E-state index contributed by atoms with van der Waals surface area (Å²) in [6.45, 7) is 4.05. The molecule has 23 heavy (non-hydrogen) atoms. The molecule has 1 N–H and O–H groups in total. The van der Waals surface area contributed by atoms with Crippen LogP contribution in [0.25, 0.3) is 11.4 Å². The van der Waals surface area contributed by atoms with E-state index >= 15 is 0 Å². The Labute approximate surface area is 140 Å². The van der Waals surface area contributed by atoms with Crippen LogP contribution in [0.3, 0.4) is 0 Å². The lowest BCUT2D eigenvalue weighted by Gasteiger charge is -2.27. The van der Waals surface area contributed by atoms with E-state index in [1.807, 2.05) is 26.0 Å². The second kappa shape index (κ2) is 6.71. The van der Waals surface area contributed by atoms with Crippen LogP contribution in [0.15, 0.2) is 28.8 Å². The molecule has 0 aliphatic heterocycles. The van der Waals surface area contributed by atoms with Gasteiger partial charge in [0.15, 0.2) is 0 Å². The molecule has 5 nitrogen and oxygen atoms in total. The van der Waals surface area contributed by atoms with Crippen LogP contribution in [0.2, 0.25) is 5.02 Å². The second-order valence-electron chi connectivity index (χ2n) is 6.32. The van der Waals surface area contributed by atoms with Gasteiger partial charge in [-0.15, -0.1) is 0 Å². The second-order valence-corrected chi connectivity index (χ2v) is 6.76. The third-order valence-corrected chi connectivity index (χ3v) is 4.50. The van der Waals surface area contributed by atoms with Crippen LogP contribution in [-0.2, 0) is 4.79 Å². The molecule has 122 valence electrons. The molecule has 1 aromatic carbocycles. The minimum absolute atomic E-state index is 0.0844. The number of hydrogen-bond donors (Lipinski definition) is 1. The van der Waals surface area contributed by atoms with Crippen molar-refractivity contribution in [1.29, 1.82) is 0 Å². The summed E-state index contributed by atoms with van der Waals surface area (Å²) < 4.78 is 5.40. The summed E-state index contributed by atoms with van der Waals surface area (Å²) in [6, 6.07) is 6.98. The van der Waals surface area contributed by atoms with E-state index in [1.165, 1.54) is 0 Å². The molecule has 0 spiro atoms. The van der Waals surface area contributed by atoms with E-state index in [4.69, 9.17) is 16.1 Å². The summed E-state index contributed by atoms with van der Waals surface area (Å²) in [6.07, 6.45) is 3.07. The van der Waals surface area contributed by atoms with Gasteiger partial charge in [-0.25, -0.2) is 0 Å². The molecule has 1 saturated carbocycles. The Morgan fingerprint density at radius 1 is 1.30 bits per heavy atom. The molecular formula is C17H20ClN3O2. The molecule has 1 fully saturated rings. The molecule has 3 rings (SSSR count). The van der Waals surface area contributed by atoms with Gasteiger partial charge in [0.25, 0.3) is 0 Å². The lowest BCUT2D eigenvalue weighted by molar-refractivity contribution is -0.128. The van der Waals surface area contributed by atoms with Gasteiger partial charge in [0.1, 0.15) is 6.04 Å². The van der Waals surface area contributed by atoms with E-state index in [0.29, 0.717) is 16.7 Å². The highest BCUT2D eigenvalue weighted by atomic mass is 35.5. The van der Waals surface area contributed by atoms with Crippen molar-refractivity contribution in [3.8, 4) is 11.4 Å². The molecule has 2 aromatic rings. The number of aromatic nitrogens is 2. The summed E-state index contributed by atoms with van der Waals surface area (Å²) in [5, 5.41) is 7.74. The molecule has 1 heterocycles. The Bertz CT molecular complexity index is 677. The fourth-order valence-electron chi connectivity index (χ4n) is 2.53. The van der Waals surface area contributed by atoms with Crippen molar-refractivity contribution in [3.05, 3.63) is 35.2 Å². The molecule has 6 heteroatoms. The number of rotatable bonds is 5. The first-order valence-corrected chi connectivity index (χ1v) is 8.32. The van der Waals surface area contributed by atoms with Crippen molar-refractivity contribution in [2.45, 2.75) is 39.2 Å². The van der Waals surface area contributed by atoms with Crippen LogP contribution in [0.5, 0.6) is 0 Å². The highest BCUT2D eigenvalue weighted by Crippen LogP contribution is 2.29. The number of nitrogens with zero attached hydrogens (tertiary/aromatic N) is 2. The lowest BCUT2D eigenvalue weighted by atomic mass is 9.84. The van der Waals surface area contributed by atoms with Gasteiger partial charge in [0, 0.05) is 16.5 Å². The van der Waals surface area contributed by atoms with Crippen LogP contribution in [0, 0.1) is 11.8 Å². The molecule has 0 saturated heterocycles. The van der Waals surface area contributed by atoms with Gasteiger partial charge in [-0.05, 0) is 43.0 Å². The van der Waals surface area contributed by atoms with Crippen LogP contribution in [0.4, 0.5) is 0 Å². The molecule has 1 atom stereocenters. The van der Waals surface area contributed by atoms with Gasteiger partial charge >= 0.3 is 0 Å². The predicted molar refractivity (Wildman–Crippen MR) is 87.8 cm³/mol. The van der Waals surface area contributed by atoms with E-state index in [1.54, 1.807) is 12.1 Å². The van der Waals surface area contributed by atoms with E-state index in [-0.39, 0.29) is 23.8 Å². The maximum Gasteiger partial charge on any atom is 0.249 e. The van der Waals surface area contributed by atoms with Crippen LogP contribution < -0.4 is 5.32 Å². The van der Waals surface area contributed by atoms with E-state index in [0.717, 1.165) is 24.8 Å². The fraction of sp³-hybridized carbons (Fsp3) is 0.471. The number of hydrogen-bond acceptors (Lipinski definition) is 4. The van der Waals surface area contributed by atoms with E-state index in [2.05, 4.69) is 15.5 Å². The molecule has 1 amide bonds. The van der Waals surface area contributed by atoms with Crippen LogP contribution >= 0.6 is 11.6 Å². The highest BCUT2D eigenvalue weighted by molar-refractivity contribution is 6.30. The first-order valence-electron chi connectivity index (χ1n) is 7.94. The van der Waals surface area contributed by atoms with E-state index in [9.17, 15) is 4.79 Å². The summed E-state index contributed by atoms with van der Waals surface area (Å²) in [5.41, 5.74) is 0.831. The van der Waals surface area contributed by atoms with Gasteiger partial charge in [0.05, 0.1) is 0 Å². The Balaban J connectivity index is 1.77. The van der Waals surface area contributed by atoms with Crippen molar-refractivity contribution in [3.63, 3.8) is 0 Å². The van der Waals surface area contributed by atoms with Gasteiger partial charge < -0.3 is 9.84 Å². The molecule has 0 bridgehead atoms. The minimum Gasteiger partial charge on any atom is -0.344 e. The number of carbonyl (C=O) groups is 1. The number of carbonyl (C=O) groups excluding carboxylic acids is 1. The van der Waals surface area contributed by atoms with Crippen molar-refractivity contribution >= 4 is 17.5 Å². The first kappa shape index (κ1) is 16.0. The van der Waals surface area contributed by atoms with Crippen LogP contribution in [0.1, 0.15) is 45.0 Å². The van der Waals surface area contributed by atoms with Crippen molar-refractivity contribution in [1.82, 2.24) is 15.5 Å². The van der Waals surface area contributed by atoms with Gasteiger partial charge in [-0.3, -0.25) is 4.79 Å². The zero-order valence-electron chi connectivity index (χ0n) is 13.3. The van der Waals surface area contributed by atoms with Crippen molar-refractivity contribution < 1.29 is 9.32 Å². The Morgan fingerprint density at radius 3 is 2.57 bits per heavy atom. The smallest absolute Gasteiger partial charge is 0.249 e. The largest absolute Gasteiger partial charge is 0.344 e. The van der Waals surface area contributed by atoms with Crippen molar-refractivity contribution in [2.75, 3.05) is 0 Å². The standard InChI is InChI=1S/C17H20ClN3O2/c1-10(2)14(19-16(22)12-4-3-5-12)17-20-15(21-23-17)11-6-8-13(18)9-7-11/h6-10,12,14H,3-5H2,1-2H3,(H,19,22)/t14-/m0/s1. The molecule has 0 radical (unpaired) electrons. The first-order chi connectivity index (χ1) is 11.0. The maximum absolute atomic E-state index is 12.2. The number of amides is 1. The van der Waals surface area contributed by atoms with Crippen LogP contribution in [-0.4, -0.2) is 16.0 Å². The minimum atomic E-state index is -0.267. The SMILES string of the molecule is CC(C)[C@H](NC(=O)C1CCC1)c1nc(-c2ccc(Cl)cc2)no1.